The molecule has 59 heavy (non-hydrogen) atoms. The number of unbranched alkanes of at least 4 members (excludes halogenated alkanes) is 4. The van der Waals surface area contributed by atoms with Gasteiger partial charge in [-0.3, -0.25) is 9.59 Å². The number of carbonyl (C=O) groups is 2. The van der Waals surface area contributed by atoms with Crippen molar-refractivity contribution in [2.75, 3.05) is 37.9 Å². The second-order valence-electron chi connectivity index (χ2n) is 15.6. The number of aliphatic hydroxyl groups is 2. The summed E-state index contributed by atoms with van der Waals surface area (Å²) < 4.78 is 24.0. The highest BCUT2D eigenvalue weighted by Gasteiger charge is 2.21. The van der Waals surface area contributed by atoms with Crippen LogP contribution < -0.4 is 14.2 Å². The minimum atomic E-state index is -1.19. The fraction of sp³-hybridized carbons (Fsp3) is 0.532. The van der Waals surface area contributed by atoms with Crippen LogP contribution in [0.1, 0.15) is 101 Å². The summed E-state index contributed by atoms with van der Waals surface area (Å²) in [5.41, 5.74) is 2.98. The number of aryl methyl sites for hydroxylation is 1. The monoisotopic (exact) mass is 880 g/mol. The van der Waals surface area contributed by atoms with E-state index in [1.165, 1.54) is 37.2 Å². The molecule has 8 nitrogen and oxygen atoms in total. The predicted octanol–water partition coefficient (Wildman–Crippen LogP) is 11.1. The van der Waals surface area contributed by atoms with Crippen molar-refractivity contribution in [1.82, 2.24) is 0 Å². The minimum absolute atomic E-state index is 0.0416. The van der Waals surface area contributed by atoms with Crippen molar-refractivity contribution in [3.05, 3.63) is 77.4 Å². The molecule has 12 heteroatoms. The first-order valence-corrected chi connectivity index (χ1v) is 26.1. The van der Waals surface area contributed by atoms with Gasteiger partial charge in [0.1, 0.15) is 49.3 Å². The number of rotatable bonds is 25. The molecule has 4 aromatic rings. The Kier molecular flexibility index (Phi) is 18.7. The molecule has 0 aromatic heterocycles. The summed E-state index contributed by atoms with van der Waals surface area (Å²) in [6.07, 6.45) is 9.80. The Morgan fingerprint density at radius 1 is 0.695 bits per heavy atom. The van der Waals surface area contributed by atoms with Crippen molar-refractivity contribution < 1.29 is 38.7 Å². The maximum atomic E-state index is 12.8. The third-order valence-electron chi connectivity index (χ3n) is 10.9. The number of fused-ring (bicyclic) bond motifs is 2. The molecule has 2 aliphatic heterocycles. The van der Waals surface area contributed by atoms with Gasteiger partial charge in [-0.15, -0.1) is 0 Å². The Morgan fingerprint density at radius 3 is 1.98 bits per heavy atom. The summed E-state index contributed by atoms with van der Waals surface area (Å²) in [7, 11) is 7.88. The fourth-order valence-electron chi connectivity index (χ4n) is 7.60. The van der Waals surface area contributed by atoms with E-state index in [-0.39, 0.29) is 31.6 Å². The van der Waals surface area contributed by atoms with E-state index in [9.17, 15) is 19.8 Å². The summed E-state index contributed by atoms with van der Waals surface area (Å²) in [6.45, 7) is 4.21. The molecule has 4 unspecified atom stereocenters. The molecule has 4 atom stereocenters. The van der Waals surface area contributed by atoms with Gasteiger partial charge >= 0.3 is 5.97 Å². The van der Waals surface area contributed by atoms with Crippen LogP contribution in [0.2, 0.25) is 0 Å². The maximum Gasteiger partial charge on any atom is 0.305 e. The minimum Gasteiger partial charge on any atom is -0.494 e. The van der Waals surface area contributed by atoms with E-state index in [0.717, 1.165) is 87.8 Å². The van der Waals surface area contributed by atoms with Gasteiger partial charge < -0.3 is 29.2 Å². The molecule has 2 N–H and O–H groups in total. The Balaban J connectivity index is 1.09. The van der Waals surface area contributed by atoms with Crippen molar-refractivity contribution in [3.63, 3.8) is 0 Å². The van der Waals surface area contributed by atoms with Gasteiger partial charge in [0.15, 0.2) is 5.78 Å². The number of carbonyl (C=O) groups excluding carboxylic acids is 2. The predicted molar refractivity (Wildman–Crippen MR) is 249 cm³/mol. The van der Waals surface area contributed by atoms with E-state index in [2.05, 4.69) is 25.1 Å². The van der Waals surface area contributed by atoms with Gasteiger partial charge in [0.2, 0.25) is 0 Å². The topological polar surface area (TPSA) is 112 Å². The van der Waals surface area contributed by atoms with Crippen molar-refractivity contribution in [3.8, 4) is 17.2 Å². The SMILES string of the molecule is CCOc1ccc2ccc(OCC(O)C(=O)CCCCCCC3CCSS3)cc2c1Cc1c(OCC(O)COC(=O)CCCCC2CCSS2)ccc2ccc(C)cc12. The molecule has 0 amide bonds. The smallest absolute Gasteiger partial charge is 0.305 e. The van der Waals surface area contributed by atoms with Crippen LogP contribution in [0.15, 0.2) is 60.7 Å². The largest absolute Gasteiger partial charge is 0.494 e. The normalized spacial score (nSPS) is 17.6. The Morgan fingerprint density at radius 2 is 1.31 bits per heavy atom. The van der Waals surface area contributed by atoms with E-state index < -0.39 is 12.2 Å². The highest BCUT2D eigenvalue weighted by molar-refractivity contribution is 8.77. The lowest BCUT2D eigenvalue weighted by molar-refractivity contribution is -0.147. The second-order valence-corrected chi connectivity index (χ2v) is 21.2. The summed E-state index contributed by atoms with van der Waals surface area (Å²) in [6, 6.07) is 20.1. The van der Waals surface area contributed by atoms with Gasteiger partial charge in [0.05, 0.1) is 6.61 Å². The van der Waals surface area contributed by atoms with Crippen molar-refractivity contribution in [1.29, 1.82) is 0 Å². The first-order valence-electron chi connectivity index (χ1n) is 21.3. The maximum absolute atomic E-state index is 12.8. The van der Waals surface area contributed by atoms with Crippen LogP contribution in [0, 0.1) is 6.92 Å². The van der Waals surface area contributed by atoms with Gasteiger partial charge in [-0.1, -0.05) is 111 Å². The van der Waals surface area contributed by atoms with E-state index in [0.29, 0.717) is 42.6 Å². The quantitative estimate of drug-likeness (QED) is 0.0375. The number of aliphatic hydroxyl groups excluding tert-OH is 2. The molecule has 0 spiro atoms. The number of benzene rings is 4. The van der Waals surface area contributed by atoms with E-state index in [1.807, 2.05) is 92.6 Å². The average molecular weight is 881 g/mol. The van der Waals surface area contributed by atoms with Gasteiger partial charge in [-0.2, -0.15) is 0 Å². The summed E-state index contributed by atoms with van der Waals surface area (Å²) in [5, 5.41) is 27.0. The van der Waals surface area contributed by atoms with E-state index in [4.69, 9.17) is 18.9 Å². The third kappa shape index (κ3) is 14.1. The van der Waals surface area contributed by atoms with Crippen LogP contribution in [0.5, 0.6) is 17.2 Å². The third-order valence-corrected chi connectivity index (χ3v) is 16.9. The number of hydrogen-bond donors (Lipinski definition) is 2. The van der Waals surface area contributed by atoms with Gasteiger partial charge in [-0.25, -0.2) is 0 Å². The first-order chi connectivity index (χ1) is 28.8. The average Bonchev–Trinajstić information content (AvgIpc) is 3.97. The zero-order valence-corrected chi connectivity index (χ0v) is 37.8. The standard InChI is InChI=1S/C47H60O8S4/c1-3-52-45-20-17-34-16-19-36(53-31-44(50)43(49)12-7-5-4-6-10-37-22-24-56-58-37)27-40(34)42(45)28-41-39-26-32(2)14-15-33(39)18-21-46(41)54-29-35(48)30-55-47(51)13-9-8-11-38-23-25-57-59-38/h14-21,26-27,35,37-38,44,48,50H,3-13,22-25,28-31H2,1-2H3. The first kappa shape index (κ1) is 45.8. The number of ketones is 1. The lowest BCUT2D eigenvalue weighted by Crippen LogP contribution is -2.27. The van der Waals surface area contributed by atoms with Crippen molar-refractivity contribution in [2.45, 2.75) is 120 Å². The molecule has 2 heterocycles. The molecule has 0 bridgehead atoms. The van der Waals surface area contributed by atoms with Crippen LogP contribution in [-0.4, -0.2) is 82.6 Å². The van der Waals surface area contributed by atoms with Gasteiger partial charge in [-0.05, 0) is 98.2 Å². The molecule has 0 aliphatic carbocycles. The number of hydrogen-bond acceptors (Lipinski definition) is 12. The number of esters is 1. The summed E-state index contributed by atoms with van der Waals surface area (Å²) in [5.74, 6) is 3.90. The van der Waals surface area contributed by atoms with Crippen LogP contribution in [0.25, 0.3) is 21.5 Å². The van der Waals surface area contributed by atoms with Crippen molar-refractivity contribution >= 4 is 76.5 Å². The fourth-order valence-corrected chi connectivity index (χ4v) is 13.7. The molecule has 6 rings (SSSR count). The summed E-state index contributed by atoms with van der Waals surface area (Å²) in [4.78, 5) is 25.2. The second kappa shape index (κ2) is 24.0. The molecule has 0 radical (unpaired) electrons. The van der Waals surface area contributed by atoms with E-state index >= 15 is 0 Å². The highest BCUT2D eigenvalue weighted by atomic mass is 33.1. The Labute approximate surface area is 365 Å². The Hall–Kier alpha value is -2.74. The molecular formula is C47H60O8S4. The van der Waals surface area contributed by atoms with Gasteiger partial charge in [0, 0.05) is 52.4 Å². The number of Topliss-reactive ketones (excluding diaryl/α,β-unsaturated/α-hetero) is 1. The molecular weight excluding hydrogens is 821 g/mol. The van der Waals surface area contributed by atoms with Gasteiger partial charge in [0.25, 0.3) is 0 Å². The van der Waals surface area contributed by atoms with Crippen LogP contribution >= 0.6 is 43.2 Å². The molecule has 320 valence electrons. The number of ether oxygens (including phenoxy) is 4. The highest BCUT2D eigenvalue weighted by Crippen LogP contribution is 2.41. The molecule has 2 saturated heterocycles. The zero-order chi connectivity index (χ0) is 41.4. The van der Waals surface area contributed by atoms with Crippen molar-refractivity contribution in [2.24, 2.45) is 0 Å². The Bertz CT molecular complexity index is 1960. The lowest BCUT2D eigenvalue weighted by Gasteiger charge is -2.20. The molecule has 0 saturated carbocycles. The zero-order valence-electron chi connectivity index (χ0n) is 34.5. The van der Waals surface area contributed by atoms with E-state index in [1.54, 1.807) is 0 Å². The van der Waals surface area contributed by atoms with Crippen LogP contribution in [0.4, 0.5) is 0 Å². The van der Waals surface area contributed by atoms with Crippen LogP contribution in [-0.2, 0) is 20.7 Å². The van der Waals surface area contributed by atoms with Crippen LogP contribution in [0.3, 0.4) is 0 Å². The molecule has 4 aromatic carbocycles. The summed E-state index contributed by atoms with van der Waals surface area (Å²) >= 11 is 0. The molecule has 2 aliphatic rings. The lowest BCUT2D eigenvalue weighted by atomic mass is 9.92. The molecule has 2 fully saturated rings.